The van der Waals surface area contributed by atoms with Crippen LogP contribution in [0.4, 0.5) is 0 Å². The molecule has 0 saturated carbocycles. The molecule has 1 heterocycles. The van der Waals surface area contributed by atoms with E-state index in [1.165, 1.54) is 11.1 Å². The number of nitrogens with one attached hydrogen (secondary N) is 1. The van der Waals surface area contributed by atoms with E-state index in [1.54, 1.807) is 12.4 Å². The minimum Gasteiger partial charge on any atom is -0.316 e. The molecule has 0 spiro atoms. The Labute approximate surface area is 107 Å². The first-order valence-electron chi connectivity index (χ1n) is 5.84. The molecular formula is C15H15N3. The predicted octanol–water partition coefficient (Wildman–Crippen LogP) is 2.65. The number of rotatable bonds is 3. The highest BCUT2D eigenvalue weighted by atomic mass is 14.8. The van der Waals surface area contributed by atoms with Gasteiger partial charge in [-0.05, 0) is 31.2 Å². The van der Waals surface area contributed by atoms with Crippen molar-refractivity contribution in [2.45, 2.75) is 13.5 Å². The molecule has 0 bridgehead atoms. The van der Waals surface area contributed by atoms with Crippen LogP contribution >= 0.6 is 0 Å². The first-order chi connectivity index (χ1) is 8.74. The zero-order valence-corrected chi connectivity index (χ0v) is 10.6. The van der Waals surface area contributed by atoms with E-state index in [0.29, 0.717) is 5.56 Å². The molecular weight excluding hydrogens is 222 g/mol. The molecule has 2 aromatic rings. The van der Waals surface area contributed by atoms with Crippen molar-refractivity contribution in [3.63, 3.8) is 0 Å². The fourth-order valence-electron chi connectivity index (χ4n) is 1.95. The second kappa shape index (κ2) is 5.44. The summed E-state index contributed by atoms with van der Waals surface area (Å²) in [7, 11) is 1.92. The molecule has 0 aliphatic heterocycles. The molecule has 0 unspecified atom stereocenters. The van der Waals surface area contributed by atoms with Crippen molar-refractivity contribution >= 4 is 0 Å². The first-order valence-corrected chi connectivity index (χ1v) is 5.84. The summed E-state index contributed by atoms with van der Waals surface area (Å²) in [4.78, 5) is 4.12. The Hall–Kier alpha value is -2.18. The highest BCUT2D eigenvalue weighted by molar-refractivity contribution is 5.68. The maximum atomic E-state index is 8.93. The third-order valence-electron chi connectivity index (χ3n) is 2.81. The molecule has 18 heavy (non-hydrogen) atoms. The van der Waals surface area contributed by atoms with Gasteiger partial charge in [0, 0.05) is 24.5 Å². The Kier molecular flexibility index (Phi) is 3.71. The molecule has 2 rings (SSSR count). The van der Waals surface area contributed by atoms with E-state index in [-0.39, 0.29) is 0 Å². The summed E-state index contributed by atoms with van der Waals surface area (Å²) >= 11 is 0. The second-order valence-corrected chi connectivity index (χ2v) is 4.27. The van der Waals surface area contributed by atoms with Crippen LogP contribution in [0.3, 0.4) is 0 Å². The molecule has 1 aromatic carbocycles. The third-order valence-corrected chi connectivity index (χ3v) is 2.81. The Bertz CT molecular complexity index is 597. The lowest BCUT2D eigenvalue weighted by Crippen LogP contribution is -2.06. The van der Waals surface area contributed by atoms with Gasteiger partial charge in [-0.3, -0.25) is 4.98 Å². The molecule has 0 fully saturated rings. The molecule has 0 aliphatic carbocycles. The predicted molar refractivity (Wildman–Crippen MR) is 71.9 cm³/mol. The van der Waals surface area contributed by atoms with Gasteiger partial charge in [0.1, 0.15) is 6.07 Å². The minimum absolute atomic E-state index is 0.587. The molecule has 90 valence electrons. The van der Waals surface area contributed by atoms with Gasteiger partial charge in [0.15, 0.2) is 0 Å². The lowest BCUT2D eigenvalue weighted by atomic mass is 9.98. The monoisotopic (exact) mass is 237 g/mol. The lowest BCUT2D eigenvalue weighted by Gasteiger charge is -2.10. The molecule has 0 amide bonds. The summed E-state index contributed by atoms with van der Waals surface area (Å²) in [5.74, 6) is 0. The smallest absolute Gasteiger partial charge is 0.101 e. The quantitative estimate of drug-likeness (QED) is 0.892. The van der Waals surface area contributed by atoms with Crippen molar-refractivity contribution in [2.75, 3.05) is 7.05 Å². The van der Waals surface area contributed by atoms with Crippen molar-refractivity contribution in [1.29, 1.82) is 5.26 Å². The summed E-state index contributed by atoms with van der Waals surface area (Å²) in [6.45, 7) is 2.86. The van der Waals surface area contributed by atoms with Crippen molar-refractivity contribution in [3.05, 3.63) is 53.3 Å². The van der Waals surface area contributed by atoms with Gasteiger partial charge in [-0.25, -0.2) is 0 Å². The minimum atomic E-state index is 0.587. The highest BCUT2D eigenvalue weighted by Gasteiger charge is 2.06. The summed E-state index contributed by atoms with van der Waals surface area (Å²) in [5.41, 5.74) is 5.12. The van der Waals surface area contributed by atoms with Crippen LogP contribution in [0.2, 0.25) is 0 Å². The molecule has 1 aromatic heterocycles. The number of benzene rings is 1. The lowest BCUT2D eigenvalue weighted by molar-refractivity contribution is 0.819. The van der Waals surface area contributed by atoms with E-state index in [2.05, 4.69) is 41.5 Å². The number of hydrogen-bond donors (Lipinski definition) is 1. The normalized spacial score (nSPS) is 10.1. The zero-order valence-electron chi connectivity index (χ0n) is 10.6. The van der Waals surface area contributed by atoms with Crippen LogP contribution in [-0.4, -0.2) is 12.0 Å². The first kappa shape index (κ1) is 12.3. The molecule has 0 atom stereocenters. The van der Waals surface area contributed by atoms with E-state index in [4.69, 9.17) is 5.26 Å². The summed E-state index contributed by atoms with van der Waals surface area (Å²) in [6, 6.07) is 10.3. The van der Waals surface area contributed by atoms with Crippen molar-refractivity contribution in [3.8, 4) is 17.2 Å². The van der Waals surface area contributed by atoms with Crippen LogP contribution in [0.5, 0.6) is 0 Å². The summed E-state index contributed by atoms with van der Waals surface area (Å²) in [5, 5.41) is 12.1. The summed E-state index contributed by atoms with van der Waals surface area (Å²) < 4.78 is 0. The highest BCUT2D eigenvalue weighted by Crippen LogP contribution is 2.25. The van der Waals surface area contributed by atoms with E-state index in [0.717, 1.165) is 17.7 Å². The number of hydrogen-bond acceptors (Lipinski definition) is 3. The maximum Gasteiger partial charge on any atom is 0.101 e. The van der Waals surface area contributed by atoms with Crippen LogP contribution in [0.1, 0.15) is 16.7 Å². The van der Waals surface area contributed by atoms with Crippen LogP contribution < -0.4 is 5.32 Å². The largest absolute Gasteiger partial charge is 0.316 e. The fourth-order valence-corrected chi connectivity index (χ4v) is 1.95. The van der Waals surface area contributed by atoms with Gasteiger partial charge in [-0.2, -0.15) is 5.26 Å². The third kappa shape index (κ3) is 2.55. The number of aryl methyl sites for hydroxylation is 1. The number of aromatic nitrogens is 1. The van der Waals surface area contributed by atoms with E-state index in [1.807, 2.05) is 13.1 Å². The van der Waals surface area contributed by atoms with Crippen LogP contribution in [-0.2, 0) is 6.54 Å². The maximum absolute atomic E-state index is 8.93. The van der Waals surface area contributed by atoms with Crippen molar-refractivity contribution in [2.24, 2.45) is 0 Å². The van der Waals surface area contributed by atoms with Gasteiger partial charge in [-0.1, -0.05) is 23.8 Å². The topological polar surface area (TPSA) is 48.7 Å². The van der Waals surface area contributed by atoms with Gasteiger partial charge in [0.25, 0.3) is 0 Å². The molecule has 3 heteroatoms. The van der Waals surface area contributed by atoms with E-state index >= 15 is 0 Å². The molecule has 0 saturated heterocycles. The zero-order chi connectivity index (χ0) is 13.0. The molecule has 0 radical (unpaired) electrons. The van der Waals surface area contributed by atoms with Crippen molar-refractivity contribution in [1.82, 2.24) is 10.3 Å². The number of nitriles is 1. The SMILES string of the molecule is CNCc1ccc(C)cc1-c1cncc(C#N)c1. The Morgan fingerprint density at radius 1 is 1.28 bits per heavy atom. The van der Waals surface area contributed by atoms with Gasteiger partial charge < -0.3 is 5.32 Å². The summed E-state index contributed by atoms with van der Waals surface area (Å²) in [6.07, 6.45) is 3.38. The fraction of sp³-hybridized carbons (Fsp3) is 0.200. The van der Waals surface area contributed by atoms with Gasteiger partial charge in [0.05, 0.1) is 5.56 Å². The molecule has 0 aliphatic rings. The molecule has 3 nitrogen and oxygen atoms in total. The van der Waals surface area contributed by atoms with E-state index < -0.39 is 0 Å². The van der Waals surface area contributed by atoms with E-state index in [9.17, 15) is 0 Å². The van der Waals surface area contributed by atoms with Gasteiger partial charge in [0.2, 0.25) is 0 Å². The second-order valence-electron chi connectivity index (χ2n) is 4.27. The Morgan fingerprint density at radius 3 is 2.83 bits per heavy atom. The van der Waals surface area contributed by atoms with Gasteiger partial charge >= 0.3 is 0 Å². The molecule has 1 N–H and O–H groups in total. The van der Waals surface area contributed by atoms with Crippen LogP contribution in [0, 0.1) is 18.3 Å². The standard InChI is InChI=1S/C15H15N3/c1-11-3-4-13(9-17-2)15(5-11)14-6-12(7-16)8-18-10-14/h3-6,8,10,17H,9H2,1-2H3. The average Bonchev–Trinajstić information content (AvgIpc) is 2.41. The number of nitrogens with zero attached hydrogens (tertiary/aromatic N) is 2. The van der Waals surface area contributed by atoms with Crippen LogP contribution in [0.15, 0.2) is 36.7 Å². The number of pyridine rings is 1. The van der Waals surface area contributed by atoms with Gasteiger partial charge in [-0.15, -0.1) is 0 Å². The average molecular weight is 237 g/mol. The Morgan fingerprint density at radius 2 is 2.11 bits per heavy atom. The van der Waals surface area contributed by atoms with Crippen molar-refractivity contribution < 1.29 is 0 Å². The van der Waals surface area contributed by atoms with Crippen LogP contribution in [0.25, 0.3) is 11.1 Å². The Balaban J connectivity index is 2.54.